The Bertz CT molecular complexity index is 1150. The zero-order chi connectivity index (χ0) is 25.9. The Morgan fingerprint density at radius 1 is 0.886 bits per heavy atom. The molecule has 0 spiro atoms. The molecule has 3 aromatic rings. The first-order valence-corrected chi connectivity index (χ1v) is 10.7. The van der Waals surface area contributed by atoms with E-state index in [-0.39, 0.29) is 18.6 Å². The van der Waals surface area contributed by atoms with Crippen LogP contribution in [0.1, 0.15) is 48.1 Å². The summed E-state index contributed by atoms with van der Waals surface area (Å²) in [5, 5.41) is 9.28. The summed E-state index contributed by atoms with van der Waals surface area (Å²) in [5.74, 6) is -4.59. The highest BCUT2D eigenvalue weighted by Gasteiger charge is 2.37. The molecule has 0 fully saturated rings. The van der Waals surface area contributed by atoms with Crippen molar-refractivity contribution in [3.63, 3.8) is 0 Å². The molecule has 0 aliphatic rings. The zero-order valence-electron chi connectivity index (χ0n) is 18.7. The van der Waals surface area contributed by atoms with Crippen LogP contribution in [0.25, 0.3) is 0 Å². The van der Waals surface area contributed by atoms with Crippen LogP contribution in [0.4, 0.5) is 22.0 Å². The third-order valence-corrected chi connectivity index (χ3v) is 5.63. The van der Waals surface area contributed by atoms with Gasteiger partial charge in [-0.1, -0.05) is 42.5 Å². The minimum absolute atomic E-state index is 0.0909. The lowest BCUT2D eigenvalue weighted by molar-refractivity contribution is -0.143. The van der Waals surface area contributed by atoms with Crippen molar-refractivity contribution >= 4 is 5.97 Å². The van der Waals surface area contributed by atoms with Gasteiger partial charge in [0.25, 0.3) is 5.92 Å². The van der Waals surface area contributed by atoms with Crippen LogP contribution in [0.15, 0.2) is 78.9 Å². The van der Waals surface area contributed by atoms with Crippen LogP contribution < -0.4 is 10.5 Å². The molecule has 3 rings (SSSR count). The Kier molecular flexibility index (Phi) is 7.50. The molecular formula is C26H24F5NO3. The largest absolute Gasteiger partial charge is 0.486 e. The highest BCUT2D eigenvalue weighted by molar-refractivity contribution is 5.77. The first kappa shape index (κ1) is 26.2. The second-order valence-electron chi connectivity index (χ2n) is 8.46. The lowest BCUT2D eigenvalue weighted by Crippen LogP contribution is -2.45. The molecule has 0 aromatic heterocycles. The third kappa shape index (κ3) is 6.36. The molecule has 9 heteroatoms. The van der Waals surface area contributed by atoms with Gasteiger partial charge in [0.15, 0.2) is 0 Å². The van der Waals surface area contributed by atoms with E-state index >= 15 is 0 Å². The van der Waals surface area contributed by atoms with Gasteiger partial charge in [-0.05, 0) is 61.7 Å². The summed E-state index contributed by atoms with van der Waals surface area (Å²) in [6, 6.07) is 16.8. The zero-order valence-corrected chi connectivity index (χ0v) is 18.7. The monoisotopic (exact) mass is 493 g/mol. The summed E-state index contributed by atoms with van der Waals surface area (Å²) >= 11 is 0. The van der Waals surface area contributed by atoms with Crippen molar-refractivity contribution in [1.82, 2.24) is 0 Å². The summed E-state index contributed by atoms with van der Waals surface area (Å²) in [7, 11) is 0. The van der Waals surface area contributed by atoms with Crippen molar-refractivity contribution in [1.29, 1.82) is 0 Å². The average molecular weight is 493 g/mol. The first-order chi connectivity index (χ1) is 16.3. The van der Waals surface area contributed by atoms with Crippen molar-refractivity contribution < 1.29 is 36.6 Å². The van der Waals surface area contributed by atoms with Crippen LogP contribution in [0.3, 0.4) is 0 Å². The Morgan fingerprint density at radius 3 is 2.06 bits per heavy atom. The van der Waals surface area contributed by atoms with E-state index in [0.717, 1.165) is 35.9 Å². The average Bonchev–Trinajstić information content (AvgIpc) is 2.82. The van der Waals surface area contributed by atoms with Gasteiger partial charge in [0.2, 0.25) is 0 Å². The molecular weight excluding hydrogens is 469 g/mol. The molecule has 3 N–H and O–H groups in total. The third-order valence-electron chi connectivity index (χ3n) is 5.63. The van der Waals surface area contributed by atoms with Gasteiger partial charge in [-0.15, -0.1) is 0 Å². The SMILES string of the molecule is CC(N)(CCC(Oc1ccc(C(F)(F)c2cccc(C(F)(F)F)c2)cc1)c1ccccc1)C(=O)O. The number of hydrogen-bond donors (Lipinski definition) is 2. The van der Waals surface area contributed by atoms with Crippen molar-refractivity contribution in [3.05, 3.63) is 101 Å². The fourth-order valence-corrected chi connectivity index (χ4v) is 3.46. The maximum atomic E-state index is 15.0. The van der Waals surface area contributed by atoms with Crippen molar-refractivity contribution in [2.45, 2.75) is 43.5 Å². The van der Waals surface area contributed by atoms with Crippen LogP contribution in [-0.4, -0.2) is 16.6 Å². The number of hydrogen-bond acceptors (Lipinski definition) is 3. The molecule has 2 atom stereocenters. The Morgan fingerprint density at radius 2 is 1.49 bits per heavy atom. The topological polar surface area (TPSA) is 72.5 Å². The summed E-state index contributed by atoms with van der Waals surface area (Å²) in [6.07, 6.45) is -5.01. The highest BCUT2D eigenvalue weighted by atomic mass is 19.4. The summed E-state index contributed by atoms with van der Waals surface area (Å²) in [6.45, 7) is 1.39. The minimum Gasteiger partial charge on any atom is -0.486 e. The van der Waals surface area contributed by atoms with Crippen molar-refractivity contribution in [2.24, 2.45) is 5.73 Å². The van der Waals surface area contributed by atoms with Gasteiger partial charge >= 0.3 is 12.1 Å². The second-order valence-corrected chi connectivity index (χ2v) is 8.46. The normalized spacial score (nSPS) is 14.7. The first-order valence-electron chi connectivity index (χ1n) is 10.7. The minimum atomic E-state index is -4.74. The number of rotatable bonds is 9. The Labute approximate surface area is 199 Å². The van der Waals surface area contributed by atoms with Gasteiger partial charge in [0.05, 0.1) is 5.56 Å². The van der Waals surface area contributed by atoms with Gasteiger partial charge < -0.3 is 15.6 Å². The number of carboxylic acids is 1. The van der Waals surface area contributed by atoms with E-state index in [0.29, 0.717) is 6.07 Å². The molecule has 186 valence electrons. The standard InChI is InChI=1S/C26H24F5NO3/c1-24(32,23(33)34)15-14-22(17-6-3-2-4-7-17)35-21-12-10-18(11-13-21)25(27,28)19-8-5-9-20(16-19)26(29,30)31/h2-13,16,22H,14-15,32H2,1H3,(H,33,34). The van der Waals surface area contributed by atoms with Crippen LogP contribution in [0.5, 0.6) is 5.75 Å². The van der Waals surface area contributed by atoms with E-state index in [1.54, 1.807) is 30.3 Å². The number of aliphatic carboxylic acids is 1. The lowest BCUT2D eigenvalue weighted by atomic mass is 9.93. The van der Waals surface area contributed by atoms with E-state index < -0.39 is 46.4 Å². The van der Waals surface area contributed by atoms with Crippen LogP contribution in [-0.2, 0) is 16.9 Å². The second kappa shape index (κ2) is 10.0. The number of carbonyl (C=O) groups is 1. The van der Waals surface area contributed by atoms with Crippen molar-refractivity contribution in [3.8, 4) is 5.75 Å². The summed E-state index contributed by atoms with van der Waals surface area (Å²) < 4.78 is 74.8. The quantitative estimate of drug-likeness (QED) is 0.332. The van der Waals surface area contributed by atoms with E-state index in [4.69, 9.17) is 10.5 Å². The van der Waals surface area contributed by atoms with Crippen LogP contribution in [0, 0.1) is 0 Å². The van der Waals surface area contributed by atoms with Gasteiger partial charge in [-0.2, -0.15) is 22.0 Å². The maximum absolute atomic E-state index is 15.0. The maximum Gasteiger partial charge on any atom is 0.416 e. The predicted octanol–water partition coefficient (Wildman–Crippen LogP) is 6.55. The van der Waals surface area contributed by atoms with E-state index in [1.807, 2.05) is 0 Å². The number of alkyl halides is 5. The van der Waals surface area contributed by atoms with Crippen LogP contribution >= 0.6 is 0 Å². The van der Waals surface area contributed by atoms with Crippen LogP contribution in [0.2, 0.25) is 0 Å². The molecule has 2 unspecified atom stereocenters. The van der Waals surface area contributed by atoms with Crippen molar-refractivity contribution in [2.75, 3.05) is 0 Å². The molecule has 0 saturated carbocycles. The molecule has 3 aromatic carbocycles. The van der Waals surface area contributed by atoms with E-state index in [1.165, 1.54) is 19.1 Å². The molecule has 0 amide bonds. The number of carboxylic acid groups (broad SMARTS) is 1. The smallest absolute Gasteiger partial charge is 0.416 e. The molecule has 0 radical (unpaired) electrons. The summed E-state index contributed by atoms with van der Waals surface area (Å²) in [4.78, 5) is 11.4. The van der Waals surface area contributed by atoms with E-state index in [2.05, 4.69) is 0 Å². The number of benzene rings is 3. The molecule has 0 bridgehead atoms. The number of ether oxygens (including phenoxy) is 1. The molecule has 0 saturated heterocycles. The molecule has 35 heavy (non-hydrogen) atoms. The molecule has 0 aliphatic carbocycles. The predicted molar refractivity (Wildman–Crippen MR) is 120 cm³/mol. The highest BCUT2D eigenvalue weighted by Crippen LogP contribution is 2.39. The number of nitrogens with two attached hydrogens (primary N) is 1. The number of halogens is 5. The molecule has 0 aliphatic heterocycles. The van der Waals surface area contributed by atoms with Gasteiger partial charge in [-0.3, -0.25) is 4.79 Å². The summed E-state index contributed by atoms with van der Waals surface area (Å²) in [5.41, 5.74) is 2.66. The molecule has 4 nitrogen and oxygen atoms in total. The fraction of sp³-hybridized carbons (Fsp3) is 0.269. The Balaban J connectivity index is 1.82. The molecule has 0 heterocycles. The van der Waals surface area contributed by atoms with Gasteiger partial charge in [0, 0.05) is 11.1 Å². The van der Waals surface area contributed by atoms with E-state index in [9.17, 15) is 31.9 Å². The fourth-order valence-electron chi connectivity index (χ4n) is 3.46. The lowest BCUT2D eigenvalue weighted by Gasteiger charge is -2.25. The van der Waals surface area contributed by atoms with Gasteiger partial charge in [-0.25, -0.2) is 0 Å². The van der Waals surface area contributed by atoms with Gasteiger partial charge in [0.1, 0.15) is 17.4 Å². The Hall–Kier alpha value is -3.46.